The van der Waals surface area contributed by atoms with Crippen molar-refractivity contribution in [2.24, 2.45) is 11.8 Å². The van der Waals surface area contributed by atoms with E-state index < -0.39 is 6.10 Å². The molecule has 2 heterocycles. The molecule has 2 saturated heterocycles. The second kappa shape index (κ2) is 7.95. The molecule has 5 nitrogen and oxygen atoms in total. The van der Waals surface area contributed by atoms with Crippen LogP contribution >= 0.6 is 0 Å². The molecular formula is C17H30N2O3. The maximum Gasteiger partial charge on any atom is 0.251 e. The maximum absolute atomic E-state index is 12.7. The zero-order valence-electron chi connectivity index (χ0n) is 14.2. The topological polar surface area (TPSA) is 49.9 Å². The first-order valence-electron chi connectivity index (χ1n) is 8.72. The molecule has 0 bridgehead atoms. The summed E-state index contributed by atoms with van der Waals surface area (Å²) >= 11 is 0. The van der Waals surface area contributed by atoms with Crippen molar-refractivity contribution in [1.29, 1.82) is 0 Å². The summed E-state index contributed by atoms with van der Waals surface area (Å²) in [5, 5.41) is 0. The Hall–Kier alpha value is -1.10. The van der Waals surface area contributed by atoms with E-state index in [2.05, 4.69) is 6.92 Å². The largest absolute Gasteiger partial charge is 0.369 e. The molecule has 2 amide bonds. The summed E-state index contributed by atoms with van der Waals surface area (Å²) in [6, 6.07) is 0. The molecule has 126 valence electrons. The molecule has 0 aromatic rings. The summed E-state index contributed by atoms with van der Waals surface area (Å²) < 4.78 is 5.39. The molecule has 22 heavy (non-hydrogen) atoms. The Morgan fingerprint density at radius 1 is 1.14 bits per heavy atom. The minimum Gasteiger partial charge on any atom is -0.369 e. The van der Waals surface area contributed by atoms with Gasteiger partial charge in [0.05, 0.1) is 5.92 Å². The Labute approximate surface area is 134 Å². The highest BCUT2D eigenvalue weighted by Crippen LogP contribution is 2.23. The lowest BCUT2D eigenvalue weighted by Crippen LogP contribution is -2.50. The minimum absolute atomic E-state index is 0.0200. The van der Waals surface area contributed by atoms with E-state index in [0.29, 0.717) is 13.2 Å². The molecule has 0 aromatic heterocycles. The molecule has 2 rings (SSSR count). The molecule has 2 aliphatic heterocycles. The third-order valence-corrected chi connectivity index (χ3v) is 4.94. The first kappa shape index (κ1) is 17.3. The summed E-state index contributed by atoms with van der Waals surface area (Å²) in [6.07, 6.45) is 3.60. The third-order valence-electron chi connectivity index (χ3n) is 4.94. The van der Waals surface area contributed by atoms with Crippen LogP contribution in [0, 0.1) is 11.8 Å². The number of ether oxygens (including phenoxy) is 1. The highest BCUT2D eigenvalue weighted by molar-refractivity contribution is 5.83. The van der Waals surface area contributed by atoms with Crippen LogP contribution in [0.3, 0.4) is 0 Å². The SMILES string of the molecule is CCO[C@@H](C)C(=O)N1CCC[C@@H](C(=O)N2CCC(C)CC2)C1. The Kier molecular flexibility index (Phi) is 6.24. The molecule has 0 unspecified atom stereocenters. The van der Waals surface area contributed by atoms with Crippen LogP contribution in [-0.4, -0.2) is 60.5 Å². The standard InChI is InChI=1S/C17H30N2O3/c1-4-22-14(3)16(20)19-9-5-6-15(12-19)17(21)18-10-7-13(2)8-11-18/h13-15H,4-12H2,1-3H3/t14-,15+/m0/s1. The molecule has 2 aliphatic rings. The van der Waals surface area contributed by atoms with Gasteiger partial charge in [-0.2, -0.15) is 0 Å². The number of piperidine rings is 2. The van der Waals surface area contributed by atoms with Crippen molar-refractivity contribution in [3.05, 3.63) is 0 Å². The molecule has 0 radical (unpaired) electrons. The van der Waals surface area contributed by atoms with Crippen LogP contribution < -0.4 is 0 Å². The highest BCUT2D eigenvalue weighted by atomic mass is 16.5. The van der Waals surface area contributed by atoms with E-state index in [1.54, 1.807) is 6.92 Å². The molecule has 2 fully saturated rings. The number of rotatable bonds is 4. The van der Waals surface area contributed by atoms with Gasteiger partial charge in [0, 0.05) is 32.8 Å². The first-order chi connectivity index (χ1) is 10.5. The molecule has 0 aromatic carbocycles. The molecular weight excluding hydrogens is 280 g/mol. The lowest BCUT2D eigenvalue weighted by molar-refractivity contribution is -0.147. The Morgan fingerprint density at radius 3 is 2.45 bits per heavy atom. The fourth-order valence-electron chi connectivity index (χ4n) is 3.44. The zero-order valence-corrected chi connectivity index (χ0v) is 14.2. The van der Waals surface area contributed by atoms with Crippen LogP contribution in [0.5, 0.6) is 0 Å². The van der Waals surface area contributed by atoms with Crippen molar-refractivity contribution in [1.82, 2.24) is 9.80 Å². The Balaban J connectivity index is 1.89. The summed E-state index contributed by atoms with van der Waals surface area (Å²) in [7, 11) is 0. The lowest BCUT2D eigenvalue weighted by Gasteiger charge is -2.38. The van der Waals surface area contributed by atoms with Crippen LogP contribution in [0.25, 0.3) is 0 Å². The van der Waals surface area contributed by atoms with E-state index in [1.807, 2.05) is 16.7 Å². The van der Waals surface area contributed by atoms with Gasteiger partial charge < -0.3 is 14.5 Å². The van der Waals surface area contributed by atoms with Crippen molar-refractivity contribution in [2.45, 2.75) is 52.6 Å². The smallest absolute Gasteiger partial charge is 0.251 e. The van der Waals surface area contributed by atoms with Gasteiger partial charge in [0.25, 0.3) is 5.91 Å². The van der Waals surface area contributed by atoms with Gasteiger partial charge in [0.2, 0.25) is 5.91 Å². The van der Waals surface area contributed by atoms with Gasteiger partial charge in [-0.05, 0) is 45.4 Å². The summed E-state index contributed by atoms with van der Waals surface area (Å²) in [6.45, 7) is 9.53. The molecule has 5 heteroatoms. The van der Waals surface area contributed by atoms with Crippen molar-refractivity contribution in [3.8, 4) is 0 Å². The fourth-order valence-corrected chi connectivity index (χ4v) is 3.44. The van der Waals surface area contributed by atoms with E-state index in [1.165, 1.54) is 0 Å². The summed E-state index contributed by atoms with van der Waals surface area (Å²) in [5.74, 6) is 0.959. The third kappa shape index (κ3) is 4.22. The number of hydrogen-bond acceptors (Lipinski definition) is 3. The van der Waals surface area contributed by atoms with Gasteiger partial charge in [-0.3, -0.25) is 9.59 Å². The predicted octanol–water partition coefficient (Wildman–Crippen LogP) is 1.91. The van der Waals surface area contributed by atoms with Crippen LogP contribution in [0.15, 0.2) is 0 Å². The normalized spacial score (nSPS) is 25.1. The van der Waals surface area contributed by atoms with E-state index in [-0.39, 0.29) is 17.7 Å². The number of amides is 2. The minimum atomic E-state index is -0.408. The van der Waals surface area contributed by atoms with Crippen molar-refractivity contribution in [3.63, 3.8) is 0 Å². The summed E-state index contributed by atoms with van der Waals surface area (Å²) in [5.41, 5.74) is 0. The quantitative estimate of drug-likeness (QED) is 0.797. The van der Waals surface area contributed by atoms with Crippen molar-refractivity contribution < 1.29 is 14.3 Å². The van der Waals surface area contributed by atoms with Crippen molar-refractivity contribution in [2.75, 3.05) is 32.8 Å². The van der Waals surface area contributed by atoms with Crippen LogP contribution in [0.2, 0.25) is 0 Å². The highest BCUT2D eigenvalue weighted by Gasteiger charge is 2.33. The first-order valence-corrected chi connectivity index (χ1v) is 8.72. The predicted molar refractivity (Wildman–Crippen MR) is 85.4 cm³/mol. The lowest BCUT2D eigenvalue weighted by atomic mass is 9.93. The average molecular weight is 310 g/mol. The number of carbonyl (C=O) groups is 2. The number of carbonyl (C=O) groups excluding carboxylic acids is 2. The summed E-state index contributed by atoms with van der Waals surface area (Å²) in [4.78, 5) is 28.9. The van der Waals surface area contributed by atoms with Gasteiger partial charge in [-0.25, -0.2) is 0 Å². The van der Waals surface area contributed by atoms with E-state index >= 15 is 0 Å². The maximum atomic E-state index is 12.7. The van der Waals surface area contributed by atoms with E-state index in [9.17, 15) is 9.59 Å². The fraction of sp³-hybridized carbons (Fsp3) is 0.882. The van der Waals surface area contributed by atoms with Gasteiger partial charge in [0.15, 0.2) is 0 Å². The molecule has 0 saturated carbocycles. The molecule has 0 N–H and O–H groups in total. The number of hydrogen-bond donors (Lipinski definition) is 0. The second-order valence-corrected chi connectivity index (χ2v) is 6.73. The number of likely N-dealkylation sites (tertiary alicyclic amines) is 2. The van der Waals surface area contributed by atoms with E-state index in [0.717, 1.165) is 51.2 Å². The Bertz CT molecular complexity index is 391. The number of nitrogens with zero attached hydrogens (tertiary/aromatic N) is 2. The monoisotopic (exact) mass is 310 g/mol. The zero-order chi connectivity index (χ0) is 16.1. The van der Waals surface area contributed by atoms with Gasteiger partial charge in [-0.1, -0.05) is 6.92 Å². The molecule has 0 spiro atoms. The Morgan fingerprint density at radius 2 is 1.82 bits per heavy atom. The van der Waals surface area contributed by atoms with Gasteiger partial charge in [-0.15, -0.1) is 0 Å². The molecule has 2 atom stereocenters. The molecule has 0 aliphatic carbocycles. The van der Waals surface area contributed by atoms with Crippen LogP contribution in [-0.2, 0) is 14.3 Å². The van der Waals surface area contributed by atoms with E-state index in [4.69, 9.17) is 4.74 Å². The van der Waals surface area contributed by atoms with Crippen LogP contribution in [0.1, 0.15) is 46.5 Å². The van der Waals surface area contributed by atoms with Crippen LogP contribution in [0.4, 0.5) is 0 Å². The second-order valence-electron chi connectivity index (χ2n) is 6.73. The van der Waals surface area contributed by atoms with Crippen molar-refractivity contribution >= 4 is 11.8 Å². The van der Waals surface area contributed by atoms with Gasteiger partial charge in [0.1, 0.15) is 6.10 Å². The van der Waals surface area contributed by atoms with Gasteiger partial charge >= 0.3 is 0 Å². The average Bonchev–Trinajstić information content (AvgIpc) is 2.54.